The van der Waals surface area contributed by atoms with Gasteiger partial charge in [0, 0.05) is 6.54 Å². The first kappa shape index (κ1) is 16.8. The van der Waals surface area contributed by atoms with Crippen molar-refractivity contribution in [3.05, 3.63) is 29.8 Å². The molecule has 1 aromatic rings. The van der Waals surface area contributed by atoms with Crippen molar-refractivity contribution >= 4 is 18.4 Å². The summed E-state index contributed by atoms with van der Waals surface area (Å²) in [6.07, 6.45) is 2.03. The van der Waals surface area contributed by atoms with E-state index in [1.165, 1.54) is 0 Å². The summed E-state index contributed by atoms with van der Waals surface area (Å²) in [6.45, 7) is 3.83. The third-order valence-electron chi connectivity index (χ3n) is 3.32. The maximum Gasteiger partial charge on any atom is 0.344 e. The molecule has 1 atom stereocenters. The maximum absolute atomic E-state index is 11.7. The summed E-state index contributed by atoms with van der Waals surface area (Å²) in [6, 6.07) is 7.65. The lowest BCUT2D eigenvalue weighted by Crippen LogP contribution is -2.38. The molecule has 1 fully saturated rings. The molecule has 4 nitrogen and oxygen atoms in total. The Hall–Kier alpha value is -1.26. The topological polar surface area (TPSA) is 38.8 Å². The molecule has 1 saturated heterocycles. The number of carbonyl (C=O) groups excluding carboxylic acids is 1. The first-order chi connectivity index (χ1) is 9.15. The normalized spacial score (nSPS) is 19.0. The van der Waals surface area contributed by atoms with Crippen LogP contribution in [0.3, 0.4) is 0 Å². The van der Waals surface area contributed by atoms with Crippen LogP contribution in [-0.4, -0.2) is 43.7 Å². The number of carbonyl (C=O) groups is 1. The van der Waals surface area contributed by atoms with Crippen molar-refractivity contribution in [1.82, 2.24) is 4.90 Å². The molecule has 0 radical (unpaired) electrons. The number of rotatable bonds is 4. The van der Waals surface area contributed by atoms with Crippen molar-refractivity contribution < 1.29 is 14.3 Å². The summed E-state index contributed by atoms with van der Waals surface area (Å²) in [5, 5.41) is 0. The summed E-state index contributed by atoms with van der Waals surface area (Å²) in [5.41, 5.74) is 1.02. The lowest BCUT2D eigenvalue weighted by Gasteiger charge is -2.29. The Bertz CT molecular complexity index is 439. The van der Waals surface area contributed by atoms with Crippen LogP contribution in [0.1, 0.15) is 18.4 Å². The Morgan fingerprint density at radius 3 is 2.85 bits per heavy atom. The smallest absolute Gasteiger partial charge is 0.344 e. The molecule has 1 heterocycles. The fourth-order valence-corrected chi connectivity index (χ4v) is 2.29. The van der Waals surface area contributed by atoms with Gasteiger partial charge in [-0.3, -0.25) is 0 Å². The Kier molecular flexibility index (Phi) is 6.82. The summed E-state index contributed by atoms with van der Waals surface area (Å²) >= 11 is 0. The number of nitrogens with zero attached hydrogens (tertiary/aromatic N) is 1. The Morgan fingerprint density at radius 2 is 2.15 bits per heavy atom. The van der Waals surface area contributed by atoms with E-state index < -0.39 is 0 Å². The average Bonchev–Trinajstić information content (AvgIpc) is 2.38. The molecule has 1 aliphatic heterocycles. The van der Waals surface area contributed by atoms with Crippen LogP contribution in [0.4, 0.5) is 0 Å². The van der Waals surface area contributed by atoms with Gasteiger partial charge >= 0.3 is 5.97 Å². The van der Waals surface area contributed by atoms with Crippen LogP contribution in [0, 0.1) is 6.92 Å². The van der Waals surface area contributed by atoms with E-state index >= 15 is 0 Å². The van der Waals surface area contributed by atoms with Crippen LogP contribution in [0.2, 0.25) is 0 Å². The molecule has 20 heavy (non-hydrogen) atoms. The number of benzene rings is 1. The van der Waals surface area contributed by atoms with E-state index in [1.54, 1.807) is 0 Å². The van der Waals surface area contributed by atoms with Crippen LogP contribution >= 0.6 is 12.4 Å². The predicted molar refractivity (Wildman–Crippen MR) is 80.5 cm³/mol. The molecule has 5 heteroatoms. The Labute approximate surface area is 126 Å². The number of para-hydroxylation sites is 1. The van der Waals surface area contributed by atoms with Gasteiger partial charge in [-0.25, -0.2) is 4.79 Å². The second-order valence-electron chi connectivity index (χ2n) is 5.07. The largest absolute Gasteiger partial charge is 0.482 e. The number of aryl methyl sites for hydroxylation is 1. The standard InChI is InChI=1S/C15H21NO3.ClH/c1-12-6-3-4-8-14(12)18-11-15(17)19-13-7-5-9-16(2)10-13;/h3-4,6,8,13H,5,7,9-11H2,1-2H3;1H. The number of hydrogen-bond acceptors (Lipinski definition) is 4. The number of ether oxygens (including phenoxy) is 2. The molecular formula is C15H22ClNO3. The Balaban J connectivity index is 0.00000200. The number of piperidine rings is 1. The molecule has 0 spiro atoms. The predicted octanol–water partition coefficient (Wildman–Crippen LogP) is 2.43. The molecule has 0 aliphatic carbocycles. The van der Waals surface area contributed by atoms with Crippen molar-refractivity contribution in [2.45, 2.75) is 25.9 Å². The van der Waals surface area contributed by atoms with E-state index in [9.17, 15) is 4.79 Å². The zero-order valence-corrected chi connectivity index (χ0v) is 12.8. The van der Waals surface area contributed by atoms with Gasteiger partial charge in [-0.2, -0.15) is 0 Å². The molecule has 1 aliphatic rings. The van der Waals surface area contributed by atoms with E-state index in [2.05, 4.69) is 4.90 Å². The Morgan fingerprint density at radius 1 is 1.40 bits per heavy atom. The minimum atomic E-state index is -0.288. The van der Waals surface area contributed by atoms with Crippen LogP contribution in [-0.2, 0) is 9.53 Å². The van der Waals surface area contributed by atoms with Gasteiger partial charge in [-0.1, -0.05) is 18.2 Å². The summed E-state index contributed by atoms with van der Waals surface area (Å²) in [5.74, 6) is 0.448. The van der Waals surface area contributed by atoms with E-state index in [1.807, 2.05) is 38.2 Å². The van der Waals surface area contributed by atoms with Crippen molar-refractivity contribution in [2.24, 2.45) is 0 Å². The number of likely N-dealkylation sites (tertiary alicyclic amines) is 1. The summed E-state index contributed by atoms with van der Waals surface area (Å²) in [4.78, 5) is 13.9. The van der Waals surface area contributed by atoms with E-state index in [-0.39, 0.29) is 31.1 Å². The van der Waals surface area contributed by atoms with Crippen molar-refractivity contribution in [1.29, 1.82) is 0 Å². The number of hydrogen-bond donors (Lipinski definition) is 0. The highest BCUT2D eigenvalue weighted by Crippen LogP contribution is 2.16. The van der Waals surface area contributed by atoms with E-state index in [0.717, 1.165) is 37.2 Å². The minimum absolute atomic E-state index is 0. The average molecular weight is 300 g/mol. The van der Waals surface area contributed by atoms with Gasteiger partial charge in [0.2, 0.25) is 0 Å². The van der Waals surface area contributed by atoms with Crippen LogP contribution in [0.15, 0.2) is 24.3 Å². The molecule has 0 aromatic heterocycles. The highest BCUT2D eigenvalue weighted by atomic mass is 35.5. The van der Waals surface area contributed by atoms with Crippen molar-refractivity contribution in [3.8, 4) is 5.75 Å². The second-order valence-corrected chi connectivity index (χ2v) is 5.07. The molecule has 0 bridgehead atoms. The van der Waals surface area contributed by atoms with Gasteiger partial charge in [0.1, 0.15) is 11.9 Å². The molecule has 0 saturated carbocycles. The highest BCUT2D eigenvalue weighted by Gasteiger charge is 2.20. The molecule has 2 rings (SSSR count). The lowest BCUT2D eigenvalue weighted by molar-refractivity contribution is -0.153. The summed E-state index contributed by atoms with van der Waals surface area (Å²) in [7, 11) is 2.05. The highest BCUT2D eigenvalue weighted by molar-refractivity contribution is 5.85. The zero-order chi connectivity index (χ0) is 13.7. The van der Waals surface area contributed by atoms with Gasteiger partial charge in [0.05, 0.1) is 0 Å². The first-order valence-corrected chi connectivity index (χ1v) is 6.71. The van der Waals surface area contributed by atoms with E-state index in [0.29, 0.717) is 0 Å². The first-order valence-electron chi connectivity index (χ1n) is 6.71. The monoisotopic (exact) mass is 299 g/mol. The lowest BCUT2D eigenvalue weighted by atomic mass is 10.1. The van der Waals surface area contributed by atoms with Gasteiger partial charge in [-0.15, -0.1) is 12.4 Å². The minimum Gasteiger partial charge on any atom is -0.482 e. The molecule has 112 valence electrons. The van der Waals surface area contributed by atoms with Gasteiger partial charge in [-0.05, 0) is 45.0 Å². The number of likely N-dealkylation sites (N-methyl/N-ethyl adjacent to an activating group) is 1. The van der Waals surface area contributed by atoms with Gasteiger partial charge < -0.3 is 14.4 Å². The van der Waals surface area contributed by atoms with Crippen molar-refractivity contribution in [2.75, 3.05) is 26.7 Å². The fraction of sp³-hybridized carbons (Fsp3) is 0.533. The molecule has 0 amide bonds. The third kappa shape index (κ3) is 5.02. The van der Waals surface area contributed by atoms with Crippen molar-refractivity contribution in [3.63, 3.8) is 0 Å². The number of esters is 1. The SMILES string of the molecule is Cc1ccccc1OCC(=O)OC1CCCN(C)C1.Cl. The van der Waals surface area contributed by atoms with Gasteiger partial charge in [0.25, 0.3) is 0 Å². The second kappa shape index (κ2) is 8.12. The van der Waals surface area contributed by atoms with E-state index in [4.69, 9.17) is 9.47 Å². The quantitative estimate of drug-likeness (QED) is 0.801. The molecule has 1 aromatic carbocycles. The number of halogens is 1. The molecule has 0 N–H and O–H groups in total. The zero-order valence-electron chi connectivity index (χ0n) is 12.0. The van der Waals surface area contributed by atoms with Crippen LogP contribution in [0.5, 0.6) is 5.75 Å². The molecule has 1 unspecified atom stereocenters. The maximum atomic E-state index is 11.7. The fourth-order valence-electron chi connectivity index (χ4n) is 2.29. The van der Waals surface area contributed by atoms with Crippen LogP contribution < -0.4 is 4.74 Å². The third-order valence-corrected chi connectivity index (χ3v) is 3.32. The van der Waals surface area contributed by atoms with Gasteiger partial charge in [0.15, 0.2) is 6.61 Å². The summed E-state index contributed by atoms with van der Waals surface area (Å²) < 4.78 is 10.9. The van der Waals surface area contributed by atoms with Crippen LogP contribution in [0.25, 0.3) is 0 Å². The molecular weight excluding hydrogens is 278 g/mol.